The zero-order chi connectivity index (χ0) is 26.2. The molecule has 2 heterocycles. The van der Waals surface area contributed by atoms with Crippen molar-refractivity contribution < 1.29 is 22.8 Å². The Morgan fingerprint density at radius 1 is 1.00 bits per heavy atom. The van der Waals surface area contributed by atoms with Gasteiger partial charge in [0.05, 0.1) is 22.2 Å². The van der Waals surface area contributed by atoms with Crippen molar-refractivity contribution in [1.82, 2.24) is 15.6 Å². The van der Waals surface area contributed by atoms with Crippen LogP contribution in [-0.4, -0.2) is 35.9 Å². The lowest BCUT2D eigenvalue weighted by atomic mass is 10.0. The Balaban J connectivity index is 1.22. The molecular formula is C27H24ClF3N4O2. The highest BCUT2D eigenvalue weighted by molar-refractivity contribution is 6.33. The van der Waals surface area contributed by atoms with Gasteiger partial charge in [0, 0.05) is 30.9 Å². The summed E-state index contributed by atoms with van der Waals surface area (Å²) >= 11 is 6.16. The second-order valence-corrected chi connectivity index (χ2v) is 9.67. The lowest BCUT2D eigenvalue weighted by Crippen LogP contribution is -2.37. The standard InChI is InChI=1S/C27H24ClF3N4O2/c28-22-4-2-1-3-20(22)26(37)34-23-9-7-16-5-6-17(13-21(16)23)25(36)33-19-11-12-35(15-19)24-10-8-18(14-32-24)27(29,30)31/h1-6,8,10,13-14,19,23H,7,9,11-12,15H2,(H,33,36)(H,34,37)/t19?,23-/m1/s1. The summed E-state index contributed by atoms with van der Waals surface area (Å²) in [6.07, 6.45) is -1.43. The van der Waals surface area contributed by atoms with E-state index >= 15 is 0 Å². The van der Waals surface area contributed by atoms with Crippen LogP contribution in [0.25, 0.3) is 0 Å². The number of pyridine rings is 1. The summed E-state index contributed by atoms with van der Waals surface area (Å²) < 4.78 is 38.4. The Morgan fingerprint density at radius 2 is 1.81 bits per heavy atom. The minimum Gasteiger partial charge on any atom is -0.354 e. The van der Waals surface area contributed by atoms with Gasteiger partial charge in [-0.3, -0.25) is 9.59 Å². The number of hydrogen-bond acceptors (Lipinski definition) is 4. The highest BCUT2D eigenvalue weighted by Crippen LogP contribution is 2.33. The average Bonchev–Trinajstić information content (AvgIpc) is 3.50. The van der Waals surface area contributed by atoms with Gasteiger partial charge in [-0.1, -0.05) is 29.8 Å². The largest absolute Gasteiger partial charge is 0.417 e. The van der Waals surface area contributed by atoms with Gasteiger partial charge in [0.15, 0.2) is 0 Å². The first-order valence-electron chi connectivity index (χ1n) is 12.0. The van der Waals surface area contributed by atoms with Crippen LogP contribution in [0.2, 0.25) is 5.02 Å². The normalized spacial score (nSPS) is 19.0. The van der Waals surface area contributed by atoms with E-state index in [0.29, 0.717) is 41.5 Å². The van der Waals surface area contributed by atoms with Crippen molar-refractivity contribution in [3.05, 3.63) is 93.6 Å². The molecule has 2 atom stereocenters. The van der Waals surface area contributed by atoms with Crippen LogP contribution >= 0.6 is 11.6 Å². The van der Waals surface area contributed by atoms with Crippen molar-refractivity contribution in [2.75, 3.05) is 18.0 Å². The van der Waals surface area contributed by atoms with Crippen LogP contribution in [0, 0.1) is 0 Å². The first-order valence-corrected chi connectivity index (χ1v) is 12.3. The number of amides is 2. The number of alkyl halides is 3. The SMILES string of the molecule is O=C(NC1CCN(c2ccc(C(F)(F)F)cn2)C1)c1ccc2c(c1)[C@H](NC(=O)c1ccccc1Cl)CC2. The fraction of sp³-hybridized carbons (Fsp3) is 0.296. The third kappa shape index (κ3) is 5.41. The number of benzene rings is 2. The number of halogens is 4. The van der Waals surface area contributed by atoms with Gasteiger partial charge in [0.2, 0.25) is 0 Å². The maximum absolute atomic E-state index is 13.0. The second-order valence-electron chi connectivity index (χ2n) is 9.27. The van der Waals surface area contributed by atoms with Gasteiger partial charge in [-0.2, -0.15) is 13.2 Å². The number of aromatic nitrogens is 1. The number of carbonyl (C=O) groups is 2. The lowest BCUT2D eigenvalue weighted by molar-refractivity contribution is -0.137. The molecule has 0 bridgehead atoms. The number of nitrogens with one attached hydrogen (secondary N) is 2. The fourth-order valence-corrected chi connectivity index (χ4v) is 5.09. The molecule has 1 aliphatic heterocycles. The van der Waals surface area contributed by atoms with Gasteiger partial charge in [0.1, 0.15) is 5.82 Å². The van der Waals surface area contributed by atoms with E-state index in [1.54, 1.807) is 30.3 Å². The Hall–Kier alpha value is -3.59. The van der Waals surface area contributed by atoms with Crippen LogP contribution in [-0.2, 0) is 12.6 Å². The molecule has 1 unspecified atom stereocenters. The Labute approximate surface area is 216 Å². The monoisotopic (exact) mass is 528 g/mol. The van der Waals surface area contributed by atoms with Crippen molar-refractivity contribution in [3.8, 4) is 0 Å². The summed E-state index contributed by atoms with van der Waals surface area (Å²) in [4.78, 5) is 31.6. The van der Waals surface area contributed by atoms with Gasteiger partial charge < -0.3 is 15.5 Å². The number of anilines is 1. The maximum Gasteiger partial charge on any atom is 0.417 e. The Morgan fingerprint density at radius 3 is 2.54 bits per heavy atom. The highest BCUT2D eigenvalue weighted by Gasteiger charge is 2.32. The molecule has 1 fully saturated rings. The van der Waals surface area contributed by atoms with E-state index in [2.05, 4.69) is 15.6 Å². The Bertz CT molecular complexity index is 1330. The van der Waals surface area contributed by atoms with Gasteiger partial charge in [-0.05, 0) is 66.8 Å². The molecule has 1 aliphatic carbocycles. The van der Waals surface area contributed by atoms with Crippen LogP contribution in [0.1, 0.15) is 56.3 Å². The first kappa shape index (κ1) is 25.1. The topological polar surface area (TPSA) is 74.3 Å². The molecule has 1 aromatic heterocycles. The van der Waals surface area contributed by atoms with Crippen molar-refractivity contribution in [2.24, 2.45) is 0 Å². The van der Waals surface area contributed by atoms with Crippen LogP contribution in [0.4, 0.5) is 19.0 Å². The minimum atomic E-state index is -4.43. The molecule has 2 amide bonds. The van der Waals surface area contributed by atoms with E-state index in [1.165, 1.54) is 6.07 Å². The van der Waals surface area contributed by atoms with Gasteiger partial charge in [-0.25, -0.2) is 4.98 Å². The fourth-order valence-electron chi connectivity index (χ4n) is 4.87. The third-order valence-electron chi connectivity index (χ3n) is 6.83. The van der Waals surface area contributed by atoms with Crippen molar-refractivity contribution in [1.29, 1.82) is 0 Å². The number of nitrogens with zero attached hydrogens (tertiary/aromatic N) is 2. The summed E-state index contributed by atoms with van der Waals surface area (Å²) in [5.41, 5.74) is 2.10. The summed E-state index contributed by atoms with van der Waals surface area (Å²) in [6.45, 7) is 1.02. The van der Waals surface area contributed by atoms with Crippen molar-refractivity contribution in [3.63, 3.8) is 0 Å². The van der Waals surface area contributed by atoms with E-state index in [1.807, 2.05) is 17.0 Å². The molecular weight excluding hydrogens is 505 g/mol. The molecule has 1 saturated heterocycles. The molecule has 2 aromatic carbocycles. The van der Waals surface area contributed by atoms with E-state index in [-0.39, 0.29) is 23.9 Å². The highest BCUT2D eigenvalue weighted by atomic mass is 35.5. The van der Waals surface area contributed by atoms with Crippen LogP contribution in [0.5, 0.6) is 0 Å². The quantitative estimate of drug-likeness (QED) is 0.478. The van der Waals surface area contributed by atoms with Gasteiger partial charge >= 0.3 is 6.18 Å². The summed E-state index contributed by atoms with van der Waals surface area (Å²) in [7, 11) is 0. The van der Waals surface area contributed by atoms with Gasteiger partial charge in [-0.15, -0.1) is 0 Å². The van der Waals surface area contributed by atoms with E-state index in [0.717, 1.165) is 36.2 Å². The van der Waals surface area contributed by atoms with Crippen LogP contribution in [0.3, 0.4) is 0 Å². The molecule has 0 radical (unpaired) electrons. The predicted molar refractivity (Wildman–Crippen MR) is 134 cm³/mol. The zero-order valence-corrected chi connectivity index (χ0v) is 20.4. The van der Waals surface area contributed by atoms with Crippen LogP contribution < -0.4 is 15.5 Å². The molecule has 6 nitrogen and oxygen atoms in total. The summed E-state index contributed by atoms with van der Waals surface area (Å²) in [6, 6.07) is 14.3. The number of rotatable bonds is 5. The minimum absolute atomic E-state index is 0.166. The van der Waals surface area contributed by atoms with E-state index in [4.69, 9.17) is 11.6 Å². The molecule has 3 aromatic rings. The molecule has 2 aliphatic rings. The maximum atomic E-state index is 13.0. The molecule has 37 heavy (non-hydrogen) atoms. The van der Waals surface area contributed by atoms with E-state index in [9.17, 15) is 22.8 Å². The molecule has 5 rings (SSSR count). The average molecular weight is 529 g/mol. The van der Waals surface area contributed by atoms with E-state index < -0.39 is 11.7 Å². The molecule has 2 N–H and O–H groups in total. The lowest BCUT2D eigenvalue weighted by Gasteiger charge is -2.19. The smallest absolute Gasteiger partial charge is 0.354 e. The molecule has 10 heteroatoms. The second kappa shape index (κ2) is 10.0. The first-order chi connectivity index (χ1) is 17.7. The third-order valence-corrected chi connectivity index (χ3v) is 7.16. The zero-order valence-electron chi connectivity index (χ0n) is 19.7. The van der Waals surface area contributed by atoms with Crippen LogP contribution in [0.15, 0.2) is 60.8 Å². The number of fused-ring (bicyclic) bond motifs is 1. The molecule has 0 spiro atoms. The predicted octanol–water partition coefficient (Wildman–Crippen LogP) is 5.18. The van der Waals surface area contributed by atoms with Gasteiger partial charge in [0.25, 0.3) is 11.8 Å². The van der Waals surface area contributed by atoms with Crippen molar-refractivity contribution in [2.45, 2.75) is 37.5 Å². The number of hydrogen-bond donors (Lipinski definition) is 2. The Kier molecular flexibility index (Phi) is 6.81. The number of carbonyl (C=O) groups excluding carboxylic acids is 2. The molecule has 192 valence electrons. The molecule has 0 saturated carbocycles. The van der Waals surface area contributed by atoms with Crippen molar-refractivity contribution >= 4 is 29.2 Å². The number of aryl methyl sites for hydroxylation is 1. The summed E-state index contributed by atoms with van der Waals surface area (Å²) in [5, 5.41) is 6.43. The summed E-state index contributed by atoms with van der Waals surface area (Å²) in [5.74, 6) is -0.0567.